The fourth-order valence-electron chi connectivity index (χ4n) is 2.95. The molecule has 31 heavy (non-hydrogen) atoms. The van der Waals surface area contributed by atoms with Gasteiger partial charge in [-0.2, -0.15) is 0 Å². The summed E-state index contributed by atoms with van der Waals surface area (Å²) in [5.74, 6) is 1.30. The molecule has 5 nitrogen and oxygen atoms in total. The summed E-state index contributed by atoms with van der Waals surface area (Å²) in [5.41, 5.74) is 3.77. The number of hydrogen-bond acceptors (Lipinski definition) is 5. The van der Waals surface area contributed by atoms with E-state index in [-0.39, 0.29) is 11.6 Å². The van der Waals surface area contributed by atoms with Crippen LogP contribution in [-0.4, -0.2) is 33.0 Å². The number of methoxy groups -OCH3 is 1. The normalized spacial score (nSPS) is 12.5. The molecule has 0 aliphatic heterocycles. The molecule has 0 heterocycles. The topological polar surface area (TPSA) is 60.3 Å². The van der Waals surface area contributed by atoms with E-state index >= 15 is 0 Å². The predicted octanol–water partition coefficient (Wildman–Crippen LogP) is 6.43. The van der Waals surface area contributed by atoms with Crippen molar-refractivity contribution in [3.05, 3.63) is 65.2 Å². The van der Waals surface area contributed by atoms with Gasteiger partial charge in [0.05, 0.1) is 13.7 Å². The number of nitrogens with zero attached hydrogens (tertiary/aromatic N) is 1. The van der Waals surface area contributed by atoms with Crippen LogP contribution in [0.1, 0.15) is 43.0 Å². The van der Waals surface area contributed by atoms with Gasteiger partial charge >= 0.3 is 0 Å². The molecule has 6 heteroatoms. The van der Waals surface area contributed by atoms with E-state index in [1.165, 1.54) is 0 Å². The third-order valence-corrected chi connectivity index (χ3v) is 10.5. The Morgan fingerprint density at radius 3 is 2.35 bits per heavy atom. The molecular formula is C25H35NO4Si. The average Bonchev–Trinajstić information content (AvgIpc) is 2.73. The fourth-order valence-corrected chi connectivity index (χ4v) is 3.88. The van der Waals surface area contributed by atoms with Gasteiger partial charge in [0, 0.05) is 16.7 Å². The maximum Gasteiger partial charge on any atom is 0.192 e. The summed E-state index contributed by atoms with van der Waals surface area (Å²) in [6, 6.07) is 11.8. The summed E-state index contributed by atoms with van der Waals surface area (Å²) in [4.78, 5) is 0. The Hall–Kier alpha value is -2.57. The van der Waals surface area contributed by atoms with Crippen molar-refractivity contribution in [3.8, 4) is 11.5 Å². The first-order valence-electron chi connectivity index (χ1n) is 10.4. The molecular weight excluding hydrogens is 406 g/mol. The van der Waals surface area contributed by atoms with Gasteiger partial charge in [0.25, 0.3) is 0 Å². The van der Waals surface area contributed by atoms with Crippen molar-refractivity contribution in [1.29, 1.82) is 0 Å². The van der Waals surface area contributed by atoms with Gasteiger partial charge in [-0.3, -0.25) is 0 Å². The summed E-state index contributed by atoms with van der Waals surface area (Å²) >= 11 is 0. The number of hydrogen-bond donors (Lipinski definition) is 1. The highest BCUT2D eigenvalue weighted by Crippen LogP contribution is 2.38. The lowest BCUT2D eigenvalue weighted by atomic mass is 9.98. The van der Waals surface area contributed by atoms with Crippen LogP contribution in [0.5, 0.6) is 11.5 Å². The van der Waals surface area contributed by atoms with Crippen molar-refractivity contribution in [2.24, 2.45) is 5.16 Å². The smallest absolute Gasteiger partial charge is 0.192 e. The molecule has 0 bridgehead atoms. The van der Waals surface area contributed by atoms with E-state index in [9.17, 15) is 5.21 Å². The Labute approximate surface area is 187 Å². The first-order valence-corrected chi connectivity index (χ1v) is 13.3. The maximum atomic E-state index is 9.84. The predicted molar refractivity (Wildman–Crippen MR) is 130 cm³/mol. The standard InChI is InChI=1S/C25H35NO4Si/c1-9-20-21(22(26-27)17-30-31(7,8)25(3,4)5)15-23(28-6)18(2)24(20)29-16-19-13-11-10-12-14-19/h9-15,27H,1,16-17H2,2-8H3/b26-22-. The van der Waals surface area contributed by atoms with Crippen molar-refractivity contribution in [2.75, 3.05) is 13.7 Å². The summed E-state index contributed by atoms with van der Waals surface area (Å²) < 4.78 is 18.1. The van der Waals surface area contributed by atoms with Gasteiger partial charge in [-0.15, -0.1) is 0 Å². The van der Waals surface area contributed by atoms with Crippen molar-refractivity contribution in [1.82, 2.24) is 0 Å². The van der Waals surface area contributed by atoms with E-state index in [0.29, 0.717) is 29.4 Å². The van der Waals surface area contributed by atoms with Gasteiger partial charge in [0.1, 0.15) is 23.8 Å². The number of benzene rings is 2. The Bertz CT molecular complexity index is 931. The molecule has 2 aromatic carbocycles. The van der Waals surface area contributed by atoms with Crippen molar-refractivity contribution < 1.29 is 19.1 Å². The third kappa shape index (κ3) is 5.77. The molecule has 0 atom stereocenters. The van der Waals surface area contributed by atoms with Crippen LogP contribution in [0.15, 0.2) is 48.1 Å². The van der Waals surface area contributed by atoms with Crippen molar-refractivity contribution in [2.45, 2.75) is 52.4 Å². The van der Waals surface area contributed by atoms with Crippen molar-refractivity contribution in [3.63, 3.8) is 0 Å². The van der Waals surface area contributed by atoms with Crippen LogP contribution < -0.4 is 9.47 Å². The molecule has 0 spiro atoms. The first kappa shape index (κ1) is 24.7. The lowest BCUT2D eigenvalue weighted by Crippen LogP contribution is -2.42. The van der Waals surface area contributed by atoms with Crippen molar-refractivity contribution >= 4 is 20.1 Å². The minimum absolute atomic E-state index is 0.0454. The molecule has 0 aliphatic carbocycles. The molecule has 1 N–H and O–H groups in total. The molecule has 2 rings (SSSR count). The summed E-state index contributed by atoms with van der Waals surface area (Å²) in [7, 11) is -0.417. The second-order valence-corrected chi connectivity index (χ2v) is 13.9. The molecule has 0 aromatic heterocycles. The van der Waals surface area contributed by atoms with Gasteiger partial charge in [0.2, 0.25) is 0 Å². The highest BCUT2D eigenvalue weighted by molar-refractivity contribution is 6.74. The first-order chi connectivity index (χ1) is 14.6. The quantitative estimate of drug-likeness (QED) is 0.211. The molecule has 0 amide bonds. The Balaban J connectivity index is 2.44. The van der Waals surface area contributed by atoms with E-state index in [2.05, 4.69) is 45.6 Å². The van der Waals surface area contributed by atoms with Gasteiger partial charge in [0.15, 0.2) is 8.32 Å². The average molecular weight is 442 g/mol. The van der Waals surface area contributed by atoms with Gasteiger partial charge in [-0.1, -0.05) is 68.9 Å². The van der Waals surface area contributed by atoms with Crippen LogP contribution in [0.4, 0.5) is 0 Å². The highest BCUT2D eigenvalue weighted by atomic mass is 28.4. The minimum atomic E-state index is -2.03. The number of oxime groups is 1. The van der Waals surface area contributed by atoms with Gasteiger partial charge in [-0.05, 0) is 36.7 Å². The van der Waals surface area contributed by atoms with Crippen LogP contribution in [0.2, 0.25) is 18.1 Å². The van der Waals surface area contributed by atoms with Crippen LogP contribution in [0.3, 0.4) is 0 Å². The number of ether oxygens (including phenoxy) is 2. The number of rotatable bonds is 9. The molecule has 0 saturated carbocycles. The zero-order valence-electron chi connectivity index (χ0n) is 19.8. The van der Waals surface area contributed by atoms with Crippen LogP contribution in [0, 0.1) is 6.92 Å². The summed E-state index contributed by atoms with van der Waals surface area (Å²) in [5, 5.41) is 13.5. The molecule has 0 saturated heterocycles. The van der Waals surface area contributed by atoms with Gasteiger partial charge < -0.3 is 19.1 Å². The fraction of sp³-hybridized carbons (Fsp3) is 0.400. The summed E-state index contributed by atoms with van der Waals surface area (Å²) in [6.45, 7) is 17.4. The molecule has 0 aliphatic rings. The molecule has 0 unspecified atom stereocenters. The van der Waals surface area contributed by atoms with E-state index < -0.39 is 8.32 Å². The molecule has 0 fully saturated rings. The lowest BCUT2D eigenvalue weighted by molar-refractivity contribution is 0.297. The SMILES string of the molecule is C=Cc1c(/C(CO[Si](C)(C)C(C)(C)C)=N\O)cc(OC)c(C)c1OCc1ccccc1. The van der Waals surface area contributed by atoms with E-state index in [1.54, 1.807) is 13.2 Å². The molecule has 0 radical (unpaired) electrons. The highest BCUT2D eigenvalue weighted by Gasteiger charge is 2.37. The lowest BCUT2D eigenvalue weighted by Gasteiger charge is -2.36. The third-order valence-electron chi connectivity index (χ3n) is 5.98. The maximum absolute atomic E-state index is 9.84. The molecule has 2 aromatic rings. The Morgan fingerprint density at radius 1 is 1.19 bits per heavy atom. The van der Waals surface area contributed by atoms with E-state index in [4.69, 9.17) is 13.9 Å². The van der Waals surface area contributed by atoms with Crippen LogP contribution in [-0.2, 0) is 11.0 Å². The largest absolute Gasteiger partial charge is 0.496 e. The van der Waals surface area contributed by atoms with E-state index in [1.807, 2.05) is 43.3 Å². The summed E-state index contributed by atoms with van der Waals surface area (Å²) in [6.07, 6.45) is 1.72. The van der Waals surface area contributed by atoms with Crippen LogP contribution in [0.25, 0.3) is 6.08 Å². The minimum Gasteiger partial charge on any atom is -0.496 e. The Morgan fingerprint density at radius 2 is 1.84 bits per heavy atom. The Kier molecular flexibility index (Phi) is 8.09. The second-order valence-electron chi connectivity index (χ2n) is 9.07. The zero-order chi connectivity index (χ0) is 23.2. The van der Waals surface area contributed by atoms with Gasteiger partial charge in [-0.25, -0.2) is 0 Å². The molecule has 168 valence electrons. The second kappa shape index (κ2) is 10.2. The monoisotopic (exact) mass is 441 g/mol. The van der Waals surface area contributed by atoms with Crippen LogP contribution >= 0.6 is 0 Å². The zero-order valence-corrected chi connectivity index (χ0v) is 20.8. The van der Waals surface area contributed by atoms with E-state index in [0.717, 1.165) is 16.7 Å².